The zero-order valence-corrected chi connectivity index (χ0v) is 14.6. The maximum atomic E-state index is 11.6. The fourth-order valence-corrected chi connectivity index (χ4v) is 1.80. The molecule has 0 aliphatic rings. The third-order valence-corrected chi connectivity index (χ3v) is 3.36. The van der Waals surface area contributed by atoms with Gasteiger partial charge in [0.2, 0.25) is 0 Å². The van der Waals surface area contributed by atoms with Crippen LogP contribution < -0.4 is 11.1 Å². The van der Waals surface area contributed by atoms with E-state index in [-0.39, 0.29) is 12.6 Å². The molecule has 23 heavy (non-hydrogen) atoms. The monoisotopic (exact) mass is 331 g/mol. The predicted molar refractivity (Wildman–Crippen MR) is 87.5 cm³/mol. The molecule has 0 saturated carbocycles. The number of nitrogens with two attached hydrogens (primary N) is 1. The van der Waals surface area contributed by atoms with Crippen LogP contribution in [-0.2, 0) is 4.74 Å². The Morgan fingerprint density at radius 1 is 1.48 bits per heavy atom. The fraction of sp³-hybridized carbons (Fsp3) is 0.857. The van der Waals surface area contributed by atoms with Gasteiger partial charge in [0.15, 0.2) is 5.03 Å². The van der Waals surface area contributed by atoms with E-state index in [4.69, 9.17) is 15.9 Å². The van der Waals surface area contributed by atoms with Crippen LogP contribution in [0.15, 0.2) is 0 Å². The Bertz CT molecular complexity index is 422. The molecule has 0 heterocycles. The highest BCUT2D eigenvalue weighted by Crippen LogP contribution is 2.11. The molecule has 2 atom stereocenters. The van der Waals surface area contributed by atoms with E-state index in [2.05, 4.69) is 5.32 Å². The number of nitro groups is 1. The van der Waals surface area contributed by atoms with Gasteiger partial charge in [0.05, 0.1) is 6.54 Å². The van der Waals surface area contributed by atoms with Crippen molar-refractivity contribution in [2.45, 2.75) is 65.5 Å². The van der Waals surface area contributed by atoms with E-state index in [0.717, 1.165) is 6.42 Å². The number of ether oxygens (including phenoxy) is 1. The predicted octanol–water partition coefficient (Wildman–Crippen LogP) is 2.09. The minimum atomic E-state index is -0.898. The largest absolute Gasteiger partial charge is 0.444 e. The number of hydrazine groups is 1. The van der Waals surface area contributed by atoms with Gasteiger partial charge in [-0.3, -0.25) is 10.7 Å². The van der Waals surface area contributed by atoms with Crippen molar-refractivity contribution in [2.75, 3.05) is 6.54 Å². The maximum absolute atomic E-state index is 11.6. The summed E-state index contributed by atoms with van der Waals surface area (Å²) in [6, 6.07) is -0.0402. The average molecular weight is 331 g/mol. The van der Waals surface area contributed by atoms with Crippen LogP contribution in [0.2, 0.25) is 0 Å². The van der Waals surface area contributed by atoms with E-state index in [0.29, 0.717) is 23.8 Å². The first-order valence-electron chi connectivity index (χ1n) is 7.73. The normalized spacial score (nSPS) is 13.8. The van der Waals surface area contributed by atoms with E-state index in [1.165, 1.54) is 0 Å². The smallest absolute Gasteiger partial charge is 0.414 e. The van der Waals surface area contributed by atoms with Crippen molar-refractivity contribution >= 4 is 12.1 Å². The first-order chi connectivity index (χ1) is 10.5. The minimum Gasteiger partial charge on any atom is -0.444 e. The van der Waals surface area contributed by atoms with Crippen LogP contribution >= 0.6 is 0 Å². The molecule has 0 aromatic carbocycles. The summed E-state index contributed by atoms with van der Waals surface area (Å²) in [6.45, 7) is 9.05. The summed E-state index contributed by atoms with van der Waals surface area (Å²) in [6.07, 6.45) is 1.10. The quantitative estimate of drug-likeness (QED) is 0.283. The van der Waals surface area contributed by atoms with Gasteiger partial charge in [0.25, 0.3) is 5.96 Å². The molecule has 0 bridgehead atoms. The number of alkyl carbamates (subject to hydrolysis) is 1. The number of guanidine groups is 1. The summed E-state index contributed by atoms with van der Waals surface area (Å²) in [4.78, 5) is 22.6. The second kappa shape index (κ2) is 9.29. The Morgan fingerprint density at radius 2 is 2.04 bits per heavy atom. The van der Waals surface area contributed by atoms with Gasteiger partial charge < -0.3 is 10.5 Å². The van der Waals surface area contributed by atoms with E-state index < -0.39 is 22.7 Å². The Kier molecular flexibility index (Phi) is 8.52. The van der Waals surface area contributed by atoms with E-state index in [1.807, 2.05) is 13.8 Å². The van der Waals surface area contributed by atoms with Crippen molar-refractivity contribution in [1.29, 1.82) is 5.41 Å². The molecule has 0 aromatic rings. The van der Waals surface area contributed by atoms with Crippen molar-refractivity contribution < 1.29 is 14.6 Å². The molecule has 0 fully saturated rings. The second-order valence-corrected chi connectivity index (χ2v) is 6.53. The van der Waals surface area contributed by atoms with Gasteiger partial charge in [-0.2, -0.15) is 0 Å². The molecule has 0 aliphatic heterocycles. The number of rotatable bonds is 7. The Balaban J connectivity index is 4.48. The van der Waals surface area contributed by atoms with Crippen LogP contribution in [0.5, 0.6) is 0 Å². The third-order valence-electron chi connectivity index (χ3n) is 3.36. The molecule has 0 rings (SSSR count). The molecule has 0 saturated heterocycles. The van der Waals surface area contributed by atoms with Crippen LogP contribution in [0.4, 0.5) is 4.79 Å². The molecule has 4 N–H and O–H groups in total. The van der Waals surface area contributed by atoms with Crippen molar-refractivity contribution in [2.24, 2.45) is 11.7 Å². The molecular weight excluding hydrogens is 302 g/mol. The van der Waals surface area contributed by atoms with Crippen molar-refractivity contribution in [1.82, 2.24) is 10.3 Å². The molecule has 9 heteroatoms. The lowest BCUT2D eigenvalue weighted by Crippen LogP contribution is -2.48. The first-order valence-corrected chi connectivity index (χ1v) is 7.73. The molecule has 0 radical (unpaired) electrons. The number of hydrogen-bond donors (Lipinski definition) is 3. The summed E-state index contributed by atoms with van der Waals surface area (Å²) in [5.41, 5.74) is 5.24. The van der Waals surface area contributed by atoms with Crippen molar-refractivity contribution in [3.05, 3.63) is 10.1 Å². The number of carbonyl (C=O) groups is 1. The van der Waals surface area contributed by atoms with Crippen molar-refractivity contribution in [3.63, 3.8) is 0 Å². The van der Waals surface area contributed by atoms with Gasteiger partial charge in [0.1, 0.15) is 5.60 Å². The lowest BCUT2D eigenvalue weighted by Gasteiger charge is -2.22. The average Bonchev–Trinajstić information content (AvgIpc) is 2.39. The zero-order valence-electron chi connectivity index (χ0n) is 14.6. The van der Waals surface area contributed by atoms with Gasteiger partial charge in [-0.05, 0) is 39.5 Å². The summed E-state index contributed by atoms with van der Waals surface area (Å²) < 4.78 is 4.97. The van der Waals surface area contributed by atoms with Crippen LogP contribution in [0.3, 0.4) is 0 Å². The van der Waals surface area contributed by atoms with Crippen LogP contribution in [-0.4, -0.2) is 40.3 Å². The van der Waals surface area contributed by atoms with E-state index >= 15 is 0 Å². The number of hydrogen-bond acceptors (Lipinski definition) is 6. The highest BCUT2D eigenvalue weighted by Gasteiger charge is 2.25. The van der Waals surface area contributed by atoms with Gasteiger partial charge in [0, 0.05) is 6.04 Å². The topological polar surface area (TPSA) is 135 Å². The lowest BCUT2D eigenvalue weighted by atomic mass is 9.96. The summed E-state index contributed by atoms with van der Waals surface area (Å²) >= 11 is 0. The van der Waals surface area contributed by atoms with Gasteiger partial charge in [-0.25, -0.2) is 14.9 Å². The molecule has 0 aliphatic carbocycles. The molecule has 0 aromatic heterocycles. The maximum Gasteiger partial charge on any atom is 0.414 e. The SMILES string of the molecule is CCC(C)[C@@H](N)CCCN(C(=N)NC(=O)OC(C)(C)C)[N+](=O)[O-]. The van der Waals surface area contributed by atoms with E-state index in [1.54, 1.807) is 20.8 Å². The van der Waals surface area contributed by atoms with Crippen LogP contribution in [0.25, 0.3) is 0 Å². The Labute approximate surface area is 137 Å². The minimum absolute atomic E-state index is 0.00817. The molecule has 1 unspecified atom stereocenters. The van der Waals surface area contributed by atoms with E-state index in [9.17, 15) is 14.9 Å². The number of carbonyl (C=O) groups excluding carboxylic acids is 1. The lowest BCUT2D eigenvalue weighted by molar-refractivity contribution is -0.630. The number of nitrogens with zero attached hydrogens (tertiary/aromatic N) is 2. The molecule has 134 valence electrons. The fourth-order valence-electron chi connectivity index (χ4n) is 1.80. The molecule has 0 spiro atoms. The standard InChI is InChI=1S/C14H29N5O4/c1-6-10(2)11(15)8-7-9-18(19(21)22)12(16)17-13(20)23-14(3,4)5/h10-11H,6-9,15H2,1-5H3,(H2,16,17,20)/t10?,11-/m0/s1. The first kappa shape index (κ1) is 21.1. The number of nitrogens with one attached hydrogen (secondary N) is 2. The Hall–Kier alpha value is -1.90. The zero-order chi connectivity index (χ0) is 18.2. The highest BCUT2D eigenvalue weighted by atomic mass is 16.7. The molecule has 9 nitrogen and oxygen atoms in total. The second-order valence-electron chi connectivity index (χ2n) is 6.53. The summed E-state index contributed by atoms with van der Waals surface area (Å²) in [5.74, 6) is -0.292. The third kappa shape index (κ3) is 8.97. The van der Waals surface area contributed by atoms with Crippen LogP contribution in [0.1, 0.15) is 53.9 Å². The van der Waals surface area contributed by atoms with Gasteiger partial charge in [-0.15, -0.1) is 0 Å². The Morgan fingerprint density at radius 3 is 2.48 bits per heavy atom. The van der Waals surface area contributed by atoms with Crippen molar-refractivity contribution in [3.8, 4) is 0 Å². The molecule has 1 amide bonds. The van der Waals surface area contributed by atoms with Crippen LogP contribution in [0, 0.1) is 21.4 Å². The molecular formula is C14H29N5O4. The van der Waals surface area contributed by atoms with Gasteiger partial charge >= 0.3 is 6.09 Å². The summed E-state index contributed by atoms with van der Waals surface area (Å²) in [5, 5.41) is 20.6. The van der Waals surface area contributed by atoms with Gasteiger partial charge in [-0.1, -0.05) is 25.3 Å². The highest BCUT2D eigenvalue weighted by molar-refractivity contribution is 5.91. The number of amides is 1. The summed E-state index contributed by atoms with van der Waals surface area (Å²) in [7, 11) is 0.